The van der Waals surface area contributed by atoms with Gasteiger partial charge in [-0.05, 0) is 17.4 Å². The van der Waals surface area contributed by atoms with Crippen molar-refractivity contribution < 1.29 is 9.53 Å². The van der Waals surface area contributed by atoms with Gasteiger partial charge < -0.3 is 4.74 Å². The number of benzene rings is 1. The van der Waals surface area contributed by atoms with Crippen LogP contribution in [0.4, 0.5) is 0 Å². The van der Waals surface area contributed by atoms with Gasteiger partial charge in [0.1, 0.15) is 6.61 Å². The molecule has 0 bridgehead atoms. The highest BCUT2D eigenvalue weighted by atomic mass is 32.2. The molecule has 86 valence electrons. The number of ether oxygens (including phenoxy) is 1. The van der Waals surface area contributed by atoms with Crippen molar-refractivity contribution >= 4 is 23.8 Å². The number of rotatable bonds is 6. The average Bonchev–Trinajstić information content (AvgIpc) is 2.34. The molecule has 0 aromatic heterocycles. The number of thioether (sulfide) groups is 1. The van der Waals surface area contributed by atoms with Crippen LogP contribution < -0.4 is 0 Å². The Bertz CT molecular complexity index is 343. The molecule has 1 rings (SSSR count). The molecule has 0 atom stereocenters. The smallest absolute Gasteiger partial charge is 0.306 e. The van der Waals surface area contributed by atoms with Crippen molar-refractivity contribution in [1.82, 2.24) is 0 Å². The van der Waals surface area contributed by atoms with Crippen molar-refractivity contribution in [3.05, 3.63) is 42.0 Å². The highest BCUT2D eigenvalue weighted by molar-refractivity contribution is 7.98. The summed E-state index contributed by atoms with van der Waals surface area (Å²) in [6.07, 6.45) is 4.24. The third-order valence-corrected chi connectivity index (χ3v) is 2.74. The first kappa shape index (κ1) is 12.8. The number of hydrogen-bond acceptors (Lipinski definition) is 3. The minimum atomic E-state index is -0.137. The Kier molecular flexibility index (Phi) is 5.72. The predicted octanol–water partition coefficient (Wildman–Crippen LogP) is 3.13. The zero-order valence-electron chi connectivity index (χ0n) is 9.44. The second-order valence-corrected chi connectivity index (χ2v) is 4.33. The summed E-state index contributed by atoms with van der Waals surface area (Å²) >= 11 is 1.64. The predicted molar refractivity (Wildman–Crippen MR) is 69.3 cm³/mol. The van der Waals surface area contributed by atoms with E-state index in [4.69, 9.17) is 4.74 Å². The zero-order chi connectivity index (χ0) is 11.8. The summed E-state index contributed by atoms with van der Waals surface area (Å²) in [7, 11) is 0. The summed E-state index contributed by atoms with van der Waals surface area (Å²) in [5, 5.41) is 0. The molecule has 0 saturated carbocycles. The molecule has 0 spiro atoms. The fraction of sp³-hybridized carbons (Fsp3) is 0.308. The summed E-state index contributed by atoms with van der Waals surface area (Å²) in [5.74, 6) is 0.677. The van der Waals surface area contributed by atoms with Crippen LogP contribution in [-0.2, 0) is 16.1 Å². The summed E-state index contributed by atoms with van der Waals surface area (Å²) < 4.78 is 5.13. The van der Waals surface area contributed by atoms with Crippen LogP contribution in [-0.4, -0.2) is 18.0 Å². The number of esters is 1. The maximum atomic E-state index is 11.2. The lowest BCUT2D eigenvalue weighted by molar-refractivity contribution is -0.144. The van der Waals surface area contributed by atoms with Crippen molar-refractivity contribution in [2.75, 3.05) is 12.0 Å². The quantitative estimate of drug-likeness (QED) is 0.710. The molecule has 2 nitrogen and oxygen atoms in total. The molecule has 3 heteroatoms. The van der Waals surface area contributed by atoms with E-state index in [1.165, 1.54) is 0 Å². The first-order valence-electron chi connectivity index (χ1n) is 5.12. The molecule has 0 unspecified atom stereocenters. The Balaban J connectivity index is 2.36. The van der Waals surface area contributed by atoms with Gasteiger partial charge in [-0.25, -0.2) is 0 Å². The topological polar surface area (TPSA) is 26.3 Å². The summed E-state index contributed by atoms with van der Waals surface area (Å²) in [6, 6.07) is 7.80. The summed E-state index contributed by atoms with van der Waals surface area (Å²) in [6.45, 7) is 4.03. The third kappa shape index (κ3) is 4.53. The van der Waals surface area contributed by atoms with Gasteiger partial charge in [-0.2, -0.15) is 11.8 Å². The lowest BCUT2D eigenvalue weighted by Gasteiger charge is -2.04. The second kappa shape index (κ2) is 7.12. The Labute approximate surface area is 101 Å². The van der Waals surface area contributed by atoms with Gasteiger partial charge in [-0.1, -0.05) is 36.9 Å². The van der Waals surface area contributed by atoms with Gasteiger partial charge in [0, 0.05) is 5.75 Å². The normalized spacial score (nSPS) is 9.81. The van der Waals surface area contributed by atoms with E-state index >= 15 is 0 Å². The van der Waals surface area contributed by atoms with Crippen LogP contribution in [0.25, 0.3) is 6.08 Å². The largest absolute Gasteiger partial charge is 0.461 e. The Morgan fingerprint density at radius 2 is 2.12 bits per heavy atom. The maximum Gasteiger partial charge on any atom is 0.306 e. The van der Waals surface area contributed by atoms with Gasteiger partial charge in [0.25, 0.3) is 0 Å². The second-order valence-electron chi connectivity index (χ2n) is 3.35. The van der Waals surface area contributed by atoms with Crippen molar-refractivity contribution in [3.63, 3.8) is 0 Å². The van der Waals surface area contributed by atoms with Gasteiger partial charge in [0.15, 0.2) is 0 Å². The highest BCUT2D eigenvalue weighted by Gasteiger charge is 2.02. The molecule has 0 aliphatic rings. The van der Waals surface area contributed by atoms with E-state index in [1.807, 2.05) is 30.5 Å². The van der Waals surface area contributed by atoms with E-state index < -0.39 is 0 Å². The molecule has 0 heterocycles. The highest BCUT2D eigenvalue weighted by Crippen LogP contribution is 2.07. The van der Waals surface area contributed by atoms with Crippen LogP contribution in [0, 0.1) is 0 Å². The Morgan fingerprint density at radius 1 is 1.44 bits per heavy atom. The summed E-state index contributed by atoms with van der Waals surface area (Å²) in [5.41, 5.74) is 2.07. The van der Waals surface area contributed by atoms with E-state index in [1.54, 1.807) is 17.8 Å². The van der Waals surface area contributed by atoms with Crippen molar-refractivity contribution in [2.45, 2.75) is 13.0 Å². The summed E-state index contributed by atoms with van der Waals surface area (Å²) in [4.78, 5) is 11.2. The van der Waals surface area contributed by atoms with Gasteiger partial charge in [-0.15, -0.1) is 0 Å². The van der Waals surface area contributed by atoms with Gasteiger partial charge in [-0.3, -0.25) is 4.79 Å². The molecule has 0 amide bonds. The molecule has 0 saturated heterocycles. The number of carbonyl (C=O) groups is 1. The van der Waals surface area contributed by atoms with Crippen LogP contribution in [0.1, 0.15) is 17.5 Å². The van der Waals surface area contributed by atoms with Gasteiger partial charge >= 0.3 is 5.97 Å². The molecule has 16 heavy (non-hydrogen) atoms. The molecule has 0 N–H and O–H groups in total. The van der Waals surface area contributed by atoms with E-state index in [-0.39, 0.29) is 5.97 Å². The fourth-order valence-electron chi connectivity index (χ4n) is 1.17. The van der Waals surface area contributed by atoms with Gasteiger partial charge in [0.2, 0.25) is 0 Å². The molecule has 0 aliphatic heterocycles. The Morgan fingerprint density at radius 3 is 2.69 bits per heavy atom. The van der Waals surface area contributed by atoms with Crippen LogP contribution in [0.2, 0.25) is 0 Å². The van der Waals surface area contributed by atoms with Crippen LogP contribution in [0.3, 0.4) is 0 Å². The fourth-order valence-corrected chi connectivity index (χ4v) is 1.54. The van der Waals surface area contributed by atoms with Crippen LogP contribution in [0.15, 0.2) is 30.8 Å². The lowest BCUT2D eigenvalue weighted by atomic mass is 10.1. The monoisotopic (exact) mass is 236 g/mol. The average molecular weight is 236 g/mol. The first-order valence-corrected chi connectivity index (χ1v) is 6.51. The van der Waals surface area contributed by atoms with E-state index in [0.29, 0.717) is 13.0 Å². The zero-order valence-corrected chi connectivity index (χ0v) is 10.3. The van der Waals surface area contributed by atoms with Crippen molar-refractivity contribution in [2.24, 2.45) is 0 Å². The molecule has 0 aliphatic carbocycles. The van der Waals surface area contributed by atoms with Crippen molar-refractivity contribution in [1.29, 1.82) is 0 Å². The third-order valence-electron chi connectivity index (χ3n) is 2.13. The molecular formula is C13H16O2S. The lowest BCUT2D eigenvalue weighted by Crippen LogP contribution is -2.05. The number of hydrogen-bond donors (Lipinski definition) is 0. The molecule has 0 fully saturated rings. The minimum Gasteiger partial charge on any atom is -0.461 e. The number of carbonyl (C=O) groups excluding carboxylic acids is 1. The molecule has 1 aromatic carbocycles. The minimum absolute atomic E-state index is 0.137. The molecular weight excluding hydrogens is 220 g/mol. The van der Waals surface area contributed by atoms with E-state index in [2.05, 4.69) is 6.58 Å². The van der Waals surface area contributed by atoms with E-state index in [9.17, 15) is 4.79 Å². The van der Waals surface area contributed by atoms with Crippen LogP contribution >= 0.6 is 11.8 Å². The van der Waals surface area contributed by atoms with E-state index in [0.717, 1.165) is 16.9 Å². The van der Waals surface area contributed by atoms with Crippen molar-refractivity contribution in [3.8, 4) is 0 Å². The van der Waals surface area contributed by atoms with Gasteiger partial charge in [0.05, 0.1) is 6.42 Å². The maximum absolute atomic E-state index is 11.2. The first-order chi connectivity index (χ1) is 7.76. The Hall–Kier alpha value is -1.22. The van der Waals surface area contributed by atoms with Crippen LogP contribution in [0.5, 0.6) is 0 Å². The SMILES string of the molecule is C=Cc1ccc(COC(=O)CCSC)cc1. The molecule has 1 aromatic rings. The standard InChI is InChI=1S/C13H16O2S/c1-3-11-4-6-12(7-5-11)10-15-13(14)8-9-16-2/h3-7H,1,8-10H2,2H3. The molecule has 0 radical (unpaired) electrons.